The predicted molar refractivity (Wildman–Crippen MR) is 71.8 cm³/mol. The molecule has 0 aliphatic carbocycles. The molecule has 3 rings (SSSR count). The number of piperazine rings is 1. The smallest absolute Gasteiger partial charge is 0.150 e. The lowest BCUT2D eigenvalue weighted by atomic mass is 10.2. The lowest BCUT2D eigenvalue weighted by molar-refractivity contribution is 0.483. The molecule has 4 nitrogen and oxygen atoms in total. The molecule has 1 saturated heterocycles. The van der Waals surface area contributed by atoms with Gasteiger partial charge in [-0.25, -0.2) is 9.97 Å². The van der Waals surface area contributed by atoms with Gasteiger partial charge in [0.15, 0.2) is 0 Å². The van der Waals surface area contributed by atoms with Gasteiger partial charge in [0.2, 0.25) is 0 Å². The summed E-state index contributed by atoms with van der Waals surface area (Å²) in [5.41, 5.74) is 2.35. The van der Waals surface area contributed by atoms with Crippen molar-refractivity contribution in [3.05, 3.63) is 17.3 Å². The summed E-state index contributed by atoms with van der Waals surface area (Å²) in [6.07, 6.45) is 1.68. The van der Waals surface area contributed by atoms with Crippen molar-refractivity contribution < 1.29 is 0 Å². The molecule has 0 amide bonds. The van der Waals surface area contributed by atoms with Crippen molar-refractivity contribution >= 4 is 27.4 Å². The van der Waals surface area contributed by atoms with E-state index >= 15 is 0 Å². The van der Waals surface area contributed by atoms with Gasteiger partial charge in [0.1, 0.15) is 12.1 Å². The topological polar surface area (TPSA) is 41.0 Å². The number of nitrogens with one attached hydrogen (secondary N) is 1. The molecule has 1 N–H and O–H groups in total. The number of anilines is 1. The Morgan fingerprint density at radius 1 is 1.47 bits per heavy atom. The Balaban J connectivity index is 2.04. The van der Waals surface area contributed by atoms with E-state index in [1.165, 1.54) is 10.3 Å². The fourth-order valence-electron chi connectivity index (χ4n) is 2.31. The van der Waals surface area contributed by atoms with Crippen molar-refractivity contribution in [2.24, 2.45) is 0 Å². The van der Waals surface area contributed by atoms with Crippen molar-refractivity contribution in [2.75, 3.05) is 24.5 Å². The van der Waals surface area contributed by atoms with Gasteiger partial charge in [-0.05, 0) is 24.8 Å². The van der Waals surface area contributed by atoms with Gasteiger partial charge in [0.05, 0.1) is 10.2 Å². The molecule has 0 aromatic carbocycles. The van der Waals surface area contributed by atoms with Crippen molar-refractivity contribution in [2.45, 2.75) is 19.9 Å². The molecule has 0 radical (unpaired) electrons. The van der Waals surface area contributed by atoms with Crippen LogP contribution in [0.1, 0.15) is 12.5 Å². The molecular formula is C12H16N4S. The highest BCUT2D eigenvalue weighted by molar-refractivity contribution is 7.18. The van der Waals surface area contributed by atoms with Crippen LogP contribution < -0.4 is 10.2 Å². The zero-order valence-corrected chi connectivity index (χ0v) is 10.9. The summed E-state index contributed by atoms with van der Waals surface area (Å²) >= 11 is 1.75. The minimum atomic E-state index is 0.523. The molecular weight excluding hydrogens is 232 g/mol. The molecule has 2 aromatic rings. The third-order valence-electron chi connectivity index (χ3n) is 3.18. The second kappa shape index (κ2) is 4.23. The first-order valence-corrected chi connectivity index (χ1v) is 6.81. The number of thiophene rings is 1. The van der Waals surface area contributed by atoms with E-state index in [0.717, 1.165) is 31.0 Å². The highest BCUT2D eigenvalue weighted by Gasteiger charge is 2.20. The third kappa shape index (κ3) is 1.89. The number of hydrogen-bond acceptors (Lipinski definition) is 5. The summed E-state index contributed by atoms with van der Waals surface area (Å²) in [5, 5.41) is 5.61. The quantitative estimate of drug-likeness (QED) is 0.835. The van der Waals surface area contributed by atoms with Crippen molar-refractivity contribution in [3.8, 4) is 0 Å². The van der Waals surface area contributed by atoms with Crippen LogP contribution in [0.5, 0.6) is 0 Å². The monoisotopic (exact) mass is 248 g/mol. The van der Waals surface area contributed by atoms with E-state index in [1.807, 2.05) is 0 Å². The van der Waals surface area contributed by atoms with Gasteiger partial charge in [-0.15, -0.1) is 11.3 Å². The number of hydrogen-bond donors (Lipinski definition) is 1. The number of aromatic nitrogens is 2. The normalized spacial score (nSPS) is 21.1. The van der Waals surface area contributed by atoms with Crippen LogP contribution in [0, 0.1) is 6.92 Å². The zero-order valence-electron chi connectivity index (χ0n) is 10.1. The number of nitrogens with zero attached hydrogens (tertiary/aromatic N) is 3. The van der Waals surface area contributed by atoms with Crippen LogP contribution in [-0.4, -0.2) is 35.6 Å². The lowest BCUT2D eigenvalue weighted by Crippen LogP contribution is -2.49. The van der Waals surface area contributed by atoms with Crippen LogP contribution in [0.15, 0.2) is 11.7 Å². The molecule has 90 valence electrons. The zero-order chi connectivity index (χ0) is 11.8. The van der Waals surface area contributed by atoms with Gasteiger partial charge in [-0.3, -0.25) is 0 Å². The Morgan fingerprint density at radius 3 is 3.18 bits per heavy atom. The Labute approximate surface area is 105 Å². The lowest BCUT2D eigenvalue weighted by Gasteiger charge is -2.32. The summed E-state index contributed by atoms with van der Waals surface area (Å²) in [4.78, 5) is 11.2. The summed E-state index contributed by atoms with van der Waals surface area (Å²) < 4.78 is 1.22. The standard InChI is InChI=1S/C12H16N4S/c1-8-6-17-11-10(8)14-7-15-12(11)16-4-3-13-9(2)5-16/h6-7,9,13H,3-5H2,1-2H3. The maximum absolute atomic E-state index is 4.48. The van der Waals surface area contributed by atoms with Gasteiger partial charge in [-0.1, -0.05) is 0 Å². The Bertz CT molecular complexity index is 536. The average Bonchev–Trinajstić information content (AvgIpc) is 2.71. The molecule has 3 heterocycles. The average molecular weight is 248 g/mol. The molecule has 1 unspecified atom stereocenters. The number of aryl methyl sites for hydroxylation is 1. The maximum Gasteiger partial charge on any atom is 0.150 e. The SMILES string of the molecule is Cc1csc2c(N3CCNC(C)C3)ncnc12. The highest BCUT2D eigenvalue weighted by Crippen LogP contribution is 2.31. The first-order valence-electron chi connectivity index (χ1n) is 5.93. The van der Waals surface area contributed by atoms with E-state index in [-0.39, 0.29) is 0 Å². The molecule has 17 heavy (non-hydrogen) atoms. The van der Waals surface area contributed by atoms with Crippen molar-refractivity contribution in [1.82, 2.24) is 15.3 Å². The predicted octanol–water partition coefficient (Wildman–Crippen LogP) is 1.80. The molecule has 0 saturated carbocycles. The van der Waals surface area contributed by atoms with Gasteiger partial charge in [-0.2, -0.15) is 0 Å². The van der Waals surface area contributed by atoms with E-state index in [4.69, 9.17) is 0 Å². The Kier molecular flexibility index (Phi) is 2.72. The second-order valence-electron chi connectivity index (χ2n) is 4.59. The van der Waals surface area contributed by atoms with E-state index < -0.39 is 0 Å². The van der Waals surface area contributed by atoms with Crippen LogP contribution >= 0.6 is 11.3 Å². The van der Waals surface area contributed by atoms with Crippen LogP contribution in [0.25, 0.3) is 10.2 Å². The minimum absolute atomic E-state index is 0.523. The summed E-state index contributed by atoms with van der Waals surface area (Å²) in [6, 6.07) is 0.523. The van der Waals surface area contributed by atoms with Gasteiger partial charge in [0, 0.05) is 25.7 Å². The van der Waals surface area contributed by atoms with E-state index in [9.17, 15) is 0 Å². The summed E-state index contributed by atoms with van der Waals surface area (Å²) in [6.45, 7) is 7.38. The van der Waals surface area contributed by atoms with Crippen molar-refractivity contribution in [1.29, 1.82) is 0 Å². The molecule has 2 aromatic heterocycles. The second-order valence-corrected chi connectivity index (χ2v) is 5.47. The van der Waals surface area contributed by atoms with Crippen molar-refractivity contribution in [3.63, 3.8) is 0 Å². The molecule has 1 aliphatic rings. The largest absolute Gasteiger partial charge is 0.353 e. The van der Waals surface area contributed by atoms with Crippen LogP contribution in [0.2, 0.25) is 0 Å². The molecule has 0 spiro atoms. The first-order chi connectivity index (χ1) is 8.25. The molecule has 0 bridgehead atoms. The fourth-order valence-corrected chi connectivity index (χ4v) is 3.33. The van der Waals surface area contributed by atoms with Gasteiger partial charge >= 0.3 is 0 Å². The van der Waals surface area contributed by atoms with Crippen LogP contribution in [-0.2, 0) is 0 Å². The summed E-state index contributed by atoms with van der Waals surface area (Å²) in [7, 11) is 0. The maximum atomic E-state index is 4.48. The minimum Gasteiger partial charge on any atom is -0.353 e. The summed E-state index contributed by atoms with van der Waals surface area (Å²) in [5.74, 6) is 1.10. The molecule has 5 heteroatoms. The van der Waals surface area contributed by atoms with E-state index in [1.54, 1.807) is 17.7 Å². The number of fused-ring (bicyclic) bond motifs is 1. The molecule has 1 atom stereocenters. The van der Waals surface area contributed by atoms with Gasteiger partial charge in [0.25, 0.3) is 0 Å². The Hall–Kier alpha value is -1.20. The van der Waals surface area contributed by atoms with Crippen LogP contribution in [0.3, 0.4) is 0 Å². The number of rotatable bonds is 1. The van der Waals surface area contributed by atoms with Gasteiger partial charge < -0.3 is 10.2 Å². The first kappa shape index (κ1) is 10.9. The highest BCUT2D eigenvalue weighted by atomic mass is 32.1. The van der Waals surface area contributed by atoms with E-state index in [0.29, 0.717) is 6.04 Å². The molecule has 1 aliphatic heterocycles. The van der Waals surface area contributed by atoms with E-state index in [2.05, 4.69) is 39.4 Å². The molecule has 1 fully saturated rings. The third-order valence-corrected chi connectivity index (χ3v) is 4.26. The fraction of sp³-hybridized carbons (Fsp3) is 0.500. The van der Waals surface area contributed by atoms with Crippen LogP contribution in [0.4, 0.5) is 5.82 Å². The Morgan fingerprint density at radius 2 is 2.35 bits per heavy atom.